The lowest BCUT2D eigenvalue weighted by atomic mass is 10.1. The van der Waals surface area contributed by atoms with Gasteiger partial charge in [-0.1, -0.05) is 60.7 Å². The number of ether oxygens (including phenoxy) is 1. The maximum absolute atomic E-state index is 12.8. The minimum Gasteiger partial charge on any atom is -0.378 e. The minimum absolute atomic E-state index is 0.167. The van der Waals surface area contributed by atoms with Gasteiger partial charge in [-0.15, -0.1) is 0 Å². The van der Waals surface area contributed by atoms with Crippen LogP contribution in [0.25, 0.3) is 0 Å². The Kier molecular flexibility index (Phi) is 8.48. The van der Waals surface area contributed by atoms with Gasteiger partial charge in [0.1, 0.15) is 0 Å². The SMILES string of the molecule is CN(CC(=O)Nc1ccccc1C(=O)NCc1ccccc1)Cc1ccccc1N1CCOCC1. The lowest BCUT2D eigenvalue weighted by molar-refractivity contribution is -0.117. The largest absolute Gasteiger partial charge is 0.378 e. The fraction of sp³-hybridized carbons (Fsp3) is 0.286. The predicted octanol–water partition coefficient (Wildman–Crippen LogP) is 3.52. The van der Waals surface area contributed by atoms with Crippen LogP contribution >= 0.6 is 0 Å². The van der Waals surface area contributed by atoms with Gasteiger partial charge in [0, 0.05) is 31.9 Å². The summed E-state index contributed by atoms with van der Waals surface area (Å²) in [6.07, 6.45) is 0. The van der Waals surface area contributed by atoms with Crippen molar-refractivity contribution in [2.45, 2.75) is 13.1 Å². The Morgan fingerprint density at radius 1 is 0.914 bits per heavy atom. The molecule has 2 N–H and O–H groups in total. The third-order valence-corrected chi connectivity index (χ3v) is 5.94. The van der Waals surface area contributed by atoms with Crippen LogP contribution in [0, 0.1) is 0 Å². The van der Waals surface area contributed by atoms with Crippen LogP contribution in [0.5, 0.6) is 0 Å². The smallest absolute Gasteiger partial charge is 0.253 e. The highest BCUT2D eigenvalue weighted by molar-refractivity contribution is 6.04. The second-order valence-corrected chi connectivity index (χ2v) is 8.66. The number of hydrogen-bond acceptors (Lipinski definition) is 5. The van der Waals surface area contributed by atoms with E-state index in [0.29, 0.717) is 24.3 Å². The summed E-state index contributed by atoms with van der Waals surface area (Å²) < 4.78 is 5.48. The van der Waals surface area contributed by atoms with Crippen LogP contribution < -0.4 is 15.5 Å². The summed E-state index contributed by atoms with van der Waals surface area (Å²) in [5.74, 6) is -0.391. The van der Waals surface area contributed by atoms with Gasteiger partial charge in [0.15, 0.2) is 0 Å². The highest BCUT2D eigenvalue weighted by Crippen LogP contribution is 2.23. The number of likely N-dealkylation sites (N-methyl/N-ethyl adjacent to an activating group) is 1. The third-order valence-electron chi connectivity index (χ3n) is 5.94. The van der Waals surface area contributed by atoms with Crippen LogP contribution in [-0.2, 0) is 22.6 Å². The number of carbonyl (C=O) groups is 2. The molecule has 1 fully saturated rings. The van der Waals surface area contributed by atoms with Gasteiger partial charge in [0.25, 0.3) is 5.91 Å². The Morgan fingerprint density at radius 3 is 2.40 bits per heavy atom. The normalized spacial score (nSPS) is 13.5. The number of nitrogens with zero attached hydrogens (tertiary/aromatic N) is 2. The first-order valence-electron chi connectivity index (χ1n) is 11.9. The van der Waals surface area contributed by atoms with Crippen LogP contribution in [0.3, 0.4) is 0 Å². The fourth-order valence-corrected chi connectivity index (χ4v) is 4.20. The van der Waals surface area contributed by atoms with Crippen molar-refractivity contribution >= 4 is 23.2 Å². The highest BCUT2D eigenvalue weighted by atomic mass is 16.5. The molecular weight excluding hydrogens is 440 g/mol. The second kappa shape index (κ2) is 12.1. The van der Waals surface area contributed by atoms with Crippen molar-refractivity contribution in [2.75, 3.05) is 50.1 Å². The molecule has 0 atom stereocenters. The van der Waals surface area contributed by atoms with Crippen molar-refractivity contribution in [1.29, 1.82) is 0 Å². The molecule has 7 heteroatoms. The monoisotopic (exact) mass is 472 g/mol. The molecule has 0 radical (unpaired) electrons. The number of carbonyl (C=O) groups excluding carboxylic acids is 2. The molecule has 4 rings (SSSR count). The molecule has 1 aliphatic rings. The van der Waals surface area contributed by atoms with Gasteiger partial charge < -0.3 is 20.3 Å². The first-order valence-corrected chi connectivity index (χ1v) is 11.9. The summed E-state index contributed by atoms with van der Waals surface area (Å²) in [6, 6.07) is 25.1. The van der Waals surface area contributed by atoms with Gasteiger partial charge in [0.2, 0.25) is 5.91 Å². The Morgan fingerprint density at radius 2 is 1.60 bits per heavy atom. The first kappa shape index (κ1) is 24.4. The molecule has 35 heavy (non-hydrogen) atoms. The molecule has 0 saturated carbocycles. The standard InChI is InChI=1S/C28H32N4O3/c1-31(20-23-11-5-8-14-26(23)32-15-17-35-18-16-32)21-27(33)30-25-13-7-6-12-24(25)28(34)29-19-22-9-3-2-4-10-22/h2-14H,15-21H2,1H3,(H,29,34)(H,30,33). The highest BCUT2D eigenvalue weighted by Gasteiger charge is 2.17. The van der Waals surface area contributed by atoms with Crippen LogP contribution in [0.1, 0.15) is 21.5 Å². The maximum Gasteiger partial charge on any atom is 0.253 e. The summed E-state index contributed by atoms with van der Waals surface area (Å²) in [5.41, 5.74) is 4.32. The first-order chi connectivity index (χ1) is 17.1. The zero-order chi connectivity index (χ0) is 24.5. The van der Waals surface area contributed by atoms with E-state index in [-0.39, 0.29) is 18.4 Å². The van der Waals surface area contributed by atoms with E-state index < -0.39 is 0 Å². The van der Waals surface area contributed by atoms with Crippen LogP contribution in [0.15, 0.2) is 78.9 Å². The Labute approximate surface area is 206 Å². The van der Waals surface area contributed by atoms with E-state index in [1.54, 1.807) is 18.2 Å². The number of para-hydroxylation sites is 2. The van der Waals surface area contributed by atoms with E-state index in [0.717, 1.165) is 31.9 Å². The van der Waals surface area contributed by atoms with Gasteiger partial charge in [-0.3, -0.25) is 14.5 Å². The molecule has 2 amide bonds. The van der Waals surface area contributed by atoms with Gasteiger partial charge in [0.05, 0.1) is 31.0 Å². The maximum atomic E-state index is 12.8. The van der Waals surface area contributed by atoms with E-state index in [9.17, 15) is 9.59 Å². The van der Waals surface area contributed by atoms with E-state index in [2.05, 4.69) is 27.7 Å². The molecule has 1 aliphatic heterocycles. The fourth-order valence-electron chi connectivity index (χ4n) is 4.20. The van der Waals surface area contributed by atoms with E-state index in [1.807, 2.05) is 60.5 Å². The van der Waals surface area contributed by atoms with Crippen molar-refractivity contribution in [3.63, 3.8) is 0 Å². The predicted molar refractivity (Wildman–Crippen MR) is 138 cm³/mol. The van der Waals surface area contributed by atoms with Crippen LogP contribution in [0.4, 0.5) is 11.4 Å². The lowest BCUT2D eigenvalue weighted by Gasteiger charge is -2.31. The molecule has 1 heterocycles. The van der Waals surface area contributed by atoms with E-state index >= 15 is 0 Å². The van der Waals surface area contributed by atoms with Gasteiger partial charge in [-0.05, 0) is 36.4 Å². The van der Waals surface area contributed by atoms with E-state index in [1.165, 1.54) is 11.3 Å². The quantitative estimate of drug-likeness (QED) is 0.499. The molecule has 3 aromatic rings. The average Bonchev–Trinajstić information content (AvgIpc) is 2.89. The molecule has 3 aromatic carbocycles. The topological polar surface area (TPSA) is 73.9 Å². The molecule has 0 aromatic heterocycles. The van der Waals surface area contributed by atoms with Crippen molar-refractivity contribution in [3.8, 4) is 0 Å². The Bertz CT molecular complexity index is 1130. The molecule has 1 saturated heterocycles. The summed E-state index contributed by atoms with van der Waals surface area (Å²) >= 11 is 0. The van der Waals surface area contributed by atoms with Crippen molar-refractivity contribution in [1.82, 2.24) is 10.2 Å². The summed E-state index contributed by atoms with van der Waals surface area (Å²) in [4.78, 5) is 29.9. The molecule has 0 spiro atoms. The average molecular weight is 473 g/mol. The number of morpholine rings is 1. The molecule has 182 valence electrons. The number of rotatable bonds is 9. The van der Waals surface area contributed by atoms with Crippen molar-refractivity contribution in [2.24, 2.45) is 0 Å². The number of nitrogens with one attached hydrogen (secondary N) is 2. The van der Waals surface area contributed by atoms with Crippen molar-refractivity contribution < 1.29 is 14.3 Å². The van der Waals surface area contributed by atoms with Gasteiger partial charge in [-0.2, -0.15) is 0 Å². The summed E-state index contributed by atoms with van der Waals surface area (Å²) in [5, 5.41) is 5.84. The molecule has 0 aliphatic carbocycles. The number of anilines is 2. The Hall–Kier alpha value is -3.68. The number of benzene rings is 3. The molecule has 7 nitrogen and oxygen atoms in total. The third kappa shape index (κ3) is 6.91. The van der Waals surface area contributed by atoms with Crippen LogP contribution in [-0.4, -0.2) is 56.6 Å². The number of amides is 2. The Balaban J connectivity index is 1.35. The lowest BCUT2D eigenvalue weighted by Crippen LogP contribution is -2.37. The summed E-state index contributed by atoms with van der Waals surface area (Å²) in [7, 11) is 1.92. The number of hydrogen-bond donors (Lipinski definition) is 2. The summed E-state index contributed by atoms with van der Waals surface area (Å²) in [6.45, 7) is 4.45. The van der Waals surface area contributed by atoms with E-state index in [4.69, 9.17) is 4.74 Å². The molecular formula is C28H32N4O3. The van der Waals surface area contributed by atoms with Gasteiger partial charge in [-0.25, -0.2) is 0 Å². The zero-order valence-electron chi connectivity index (χ0n) is 20.1. The second-order valence-electron chi connectivity index (χ2n) is 8.66. The molecule has 0 bridgehead atoms. The van der Waals surface area contributed by atoms with Crippen molar-refractivity contribution in [3.05, 3.63) is 95.6 Å². The van der Waals surface area contributed by atoms with Crippen LogP contribution in [0.2, 0.25) is 0 Å². The minimum atomic E-state index is -0.224. The zero-order valence-corrected chi connectivity index (χ0v) is 20.1. The van der Waals surface area contributed by atoms with Gasteiger partial charge >= 0.3 is 0 Å². The molecule has 0 unspecified atom stereocenters.